The van der Waals surface area contributed by atoms with Crippen LogP contribution in [0.2, 0.25) is 0 Å². The number of aromatic nitrogens is 3. The molecule has 1 amide bonds. The highest BCUT2D eigenvalue weighted by Crippen LogP contribution is 2.14. The molecule has 0 unspecified atom stereocenters. The van der Waals surface area contributed by atoms with E-state index in [0.29, 0.717) is 12.8 Å². The Labute approximate surface area is 149 Å². The van der Waals surface area contributed by atoms with Gasteiger partial charge in [0.05, 0.1) is 5.69 Å². The van der Waals surface area contributed by atoms with Crippen LogP contribution in [0.5, 0.6) is 0 Å². The summed E-state index contributed by atoms with van der Waals surface area (Å²) in [6.45, 7) is 6.93. The molecule has 1 fully saturated rings. The minimum absolute atomic E-state index is 0.119. The number of H-pyrrole nitrogens is 1. The van der Waals surface area contributed by atoms with Gasteiger partial charge in [-0.25, -0.2) is 0 Å². The summed E-state index contributed by atoms with van der Waals surface area (Å²) in [5.74, 6) is 0.119. The first kappa shape index (κ1) is 17.6. The topological polar surface area (TPSA) is 73.9 Å². The lowest BCUT2D eigenvalue weighted by Crippen LogP contribution is -2.47. The molecule has 6 heteroatoms. The number of likely N-dealkylation sites (tertiary alicyclic amines) is 1. The number of nitrogens with one attached hydrogen (secondary N) is 2. The summed E-state index contributed by atoms with van der Waals surface area (Å²) >= 11 is 0. The van der Waals surface area contributed by atoms with E-state index in [9.17, 15) is 4.79 Å². The molecule has 2 aromatic heterocycles. The highest BCUT2D eigenvalue weighted by Gasteiger charge is 2.21. The molecule has 2 N–H and O–H groups in total. The Bertz CT molecular complexity index is 697. The van der Waals surface area contributed by atoms with Crippen LogP contribution in [-0.2, 0) is 17.8 Å². The predicted octanol–water partition coefficient (Wildman–Crippen LogP) is 2.13. The van der Waals surface area contributed by atoms with Crippen LogP contribution in [0.1, 0.15) is 41.8 Å². The molecule has 0 bridgehead atoms. The molecule has 3 rings (SSSR count). The van der Waals surface area contributed by atoms with Crippen LogP contribution in [0.25, 0.3) is 0 Å². The summed E-state index contributed by atoms with van der Waals surface area (Å²) in [6.07, 6.45) is 7.05. The number of piperidine rings is 1. The van der Waals surface area contributed by atoms with Crippen LogP contribution in [0.3, 0.4) is 0 Å². The molecule has 1 atom stereocenters. The molecular formula is C19H27N5O. The van der Waals surface area contributed by atoms with E-state index in [4.69, 9.17) is 0 Å². The van der Waals surface area contributed by atoms with Crippen molar-refractivity contribution < 1.29 is 4.79 Å². The molecule has 0 radical (unpaired) electrons. The number of hydrogen-bond acceptors (Lipinski definition) is 4. The molecule has 1 aliphatic heterocycles. The van der Waals surface area contributed by atoms with Crippen LogP contribution in [0.15, 0.2) is 24.5 Å². The molecule has 1 aliphatic rings. The third-order valence-corrected chi connectivity index (χ3v) is 4.94. The van der Waals surface area contributed by atoms with Crippen LogP contribution < -0.4 is 5.32 Å². The first-order valence-electron chi connectivity index (χ1n) is 9.03. The largest absolute Gasteiger partial charge is 0.352 e. The molecule has 6 nitrogen and oxygen atoms in total. The number of aromatic amines is 1. The van der Waals surface area contributed by atoms with Gasteiger partial charge < -0.3 is 5.32 Å². The summed E-state index contributed by atoms with van der Waals surface area (Å²) in [6, 6.07) is 4.31. The monoisotopic (exact) mass is 341 g/mol. The fraction of sp³-hybridized carbons (Fsp3) is 0.526. The maximum Gasteiger partial charge on any atom is 0.220 e. The normalized spacial score (nSPS) is 18.2. The van der Waals surface area contributed by atoms with Gasteiger partial charge in [0.1, 0.15) is 0 Å². The maximum atomic E-state index is 12.3. The number of rotatable bonds is 6. The van der Waals surface area contributed by atoms with E-state index in [0.717, 1.165) is 49.4 Å². The number of carbonyl (C=O) groups is 1. The van der Waals surface area contributed by atoms with Crippen molar-refractivity contribution in [3.05, 3.63) is 47.0 Å². The van der Waals surface area contributed by atoms with E-state index in [1.165, 1.54) is 5.56 Å². The van der Waals surface area contributed by atoms with Crippen molar-refractivity contribution in [1.29, 1.82) is 0 Å². The quantitative estimate of drug-likeness (QED) is 0.844. The number of nitrogens with zero attached hydrogens (tertiary/aromatic N) is 3. The van der Waals surface area contributed by atoms with Crippen molar-refractivity contribution in [2.24, 2.45) is 0 Å². The average Bonchev–Trinajstić information content (AvgIpc) is 2.93. The van der Waals surface area contributed by atoms with Crippen molar-refractivity contribution in [3.63, 3.8) is 0 Å². The van der Waals surface area contributed by atoms with Gasteiger partial charge in [0.25, 0.3) is 0 Å². The molecule has 25 heavy (non-hydrogen) atoms. The van der Waals surface area contributed by atoms with Gasteiger partial charge in [0.2, 0.25) is 5.91 Å². The lowest BCUT2D eigenvalue weighted by molar-refractivity contribution is -0.122. The second kappa shape index (κ2) is 8.25. The van der Waals surface area contributed by atoms with E-state index < -0.39 is 0 Å². The van der Waals surface area contributed by atoms with E-state index in [1.54, 1.807) is 6.20 Å². The third-order valence-electron chi connectivity index (χ3n) is 4.94. The fourth-order valence-electron chi connectivity index (χ4n) is 3.38. The first-order chi connectivity index (χ1) is 12.1. The lowest BCUT2D eigenvalue weighted by Gasteiger charge is -2.33. The number of aryl methyl sites for hydroxylation is 2. The Kier molecular flexibility index (Phi) is 5.81. The second-order valence-corrected chi connectivity index (χ2v) is 6.92. The number of carbonyl (C=O) groups excluding carboxylic acids is 1. The third kappa shape index (κ3) is 4.89. The van der Waals surface area contributed by atoms with Crippen LogP contribution in [0.4, 0.5) is 0 Å². The van der Waals surface area contributed by atoms with E-state index in [-0.39, 0.29) is 11.9 Å². The molecular weight excluding hydrogens is 314 g/mol. The van der Waals surface area contributed by atoms with Crippen molar-refractivity contribution >= 4 is 5.91 Å². The summed E-state index contributed by atoms with van der Waals surface area (Å²) in [5.41, 5.74) is 4.45. The van der Waals surface area contributed by atoms with Gasteiger partial charge in [0.15, 0.2) is 0 Å². The Hall–Kier alpha value is -2.21. The molecule has 0 aromatic carbocycles. The zero-order chi connectivity index (χ0) is 17.6. The minimum Gasteiger partial charge on any atom is -0.352 e. The van der Waals surface area contributed by atoms with E-state index >= 15 is 0 Å². The molecule has 3 heterocycles. The van der Waals surface area contributed by atoms with Crippen molar-refractivity contribution in [1.82, 2.24) is 25.4 Å². The Balaban J connectivity index is 1.45. The van der Waals surface area contributed by atoms with Crippen molar-refractivity contribution in [2.75, 3.05) is 13.1 Å². The van der Waals surface area contributed by atoms with Gasteiger partial charge in [0, 0.05) is 50.1 Å². The SMILES string of the molecule is Cc1[nH]nc(CCC(=O)N[C@H]2CCCN(Cc3cccnc3)C2)c1C. The van der Waals surface area contributed by atoms with Gasteiger partial charge >= 0.3 is 0 Å². The number of hydrogen-bond donors (Lipinski definition) is 2. The second-order valence-electron chi connectivity index (χ2n) is 6.92. The molecule has 134 valence electrons. The van der Waals surface area contributed by atoms with Gasteiger partial charge in [-0.15, -0.1) is 0 Å². The molecule has 0 aliphatic carbocycles. The van der Waals surface area contributed by atoms with Gasteiger partial charge in [-0.2, -0.15) is 5.10 Å². The standard InChI is InChI=1S/C19H27N5O/c1-14-15(2)22-23-18(14)7-8-19(25)21-17-6-4-10-24(13-17)12-16-5-3-9-20-11-16/h3,5,9,11,17H,4,6-8,10,12-13H2,1-2H3,(H,21,25)(H,22,23)/t17-/m0/s1. The van der Waals surface area contributed by atoms with Crippen molar-refractivity contribution in [2.45, 2.75) is 52.1 Å². The van der Waals surface area contributed by atoms with E-state index in [2.05, 4.69) is 31.5 Å². The molecule has 2 aromatic rings. The van der Waals surface area contributed by atoms with Gasteiger partial charge in [-0.1, -0.05) is 6.07 Å². The molecule has 0 spiro atoms. The number of amides is 1. The summed E-state index contributed by atoms with van der Waals surface area (Å²) in [4.78, 5) is 18.9. The Morgan fingerprint density at radius 2 is 2.32 bits per heavy atom. The van der Waals surface area contributed by atoms with Gasteiger partial charge in [-0.05, 0) is 50.4 Å². The fourth-order valence-corrected chi connectivity index (χ4v) is 3.38. The molecule has 0 saturated carbocycles. The van der Waals surface area contributed by atoms with Gasteiger partial charge in [-0.3, -0.25) is 19.8 Å². The number of pyridine rings is 1. The zero-order valence-electron chi connectivity index (χ0n) is 15.1. The minimum atomic E-state index is 0.119. The summed E-state index contributed by atoms with van der Waals surface area (Å²) in [7, 11) is 0. The van der Waals surface area contributed by atoms with Crippen LogP contribution in [0, 0.1) is 13.8 Å². The Morgan fingerprint density at radius 3 is 3.04 bits per heavy atom. The summed E-state index contributed by atoms with van der Waals surface area (Å²) < 4.78 is 0. The first-order valence-corrected chi connectivity index (χ1v) is 9.03. The average molecular weight is 341 g/mol. The molecule has 1 saturated heterocycles. The van der Waals surface area contributed by atoms with Crippen LogP contribution in [-0.4, -0.2) is 45.1 Å². The highest BCUT2D eigenvalue weighted by atomic mass is 16.1. The lowest BCUT2D eigenvalue weighted by atomic mass is 10.0. The van der Waals surface area contributed by atoms with Crippen LogP contribution >= 0.6 is 0 Å². The predicted molar refractivity (Wildman–Crippen MR) is 97.1 cm³/mol. The maximum absolute atomic E-state index is 12.3. The highest BCUT2D eigenvalue weighted by molar-refractivity contribution is 5.76. The van der Waals surface area contributed by atoms with E-state index in [1.807, 2.05) is 26.1 Å². The van der Waals surface area contributed by atoms with Crippen molar-refractivity contribution in [3.8, 4) is 0 Å². The zero-order valence-corrected chi connectivity index (χ0v) is 15.1. The Morgan fingerprint density at radius 1 is 1.44 bits per heavy atom. The smallest absolute Gasteiger partial charge is 0.220 e. The summed E-state index contributed by atoms with van der Waals surface area (Å²) in [5, 5.41) is 10.4.